The van der Waals surface area contributed by atoms with Crippen LogP contribution in [0, 0.1) is 0 Å². The molecular formula is C14H16Cl2N2. The third-order valence-corrected chi connectivity index (χ3v) is 3.65. The summed E-state index contributed by atoms with van der Waals surface area (Å²) in [5, 5.41) is 5.43. The van der Waals surface area contributed by atoms with Crippen LogP contribution in [0.3, 0.4) is 0 Å². The highest BCUT2D eigenvalue weighted by Gasteiger charge is 2.12. The van der Waals surface area contributed by atoms with E-state index in [9.17, 15) is 0 Å². The molecule has 0 aliphatic rings. The predicted octanol–water partition coefficient (Wildman–Crippen LogP) is 5.10. The summed E-state index contributed by atoms with van der Waals surface area (Å²) >= 11 is 12.3. The molecule has 1 N–H and O–H groups in total. The standard InChI is InChI=1S/C14H16Cl2N2/c1-4-17-12-7-11(8(2)3)18-14-9(12)5-6-10(15)13(14)16/h5-8H,4H2,1-3H3,(H,17,18). The largest absolute Gasteiger partial charge is 0.385 e. The lowest BCUT2D eigenvalue weighted by Gasteiger charge is -2.13. The van der Waals surface area contributed by atoms with Crippen LogP contribution in [0.2, 0.25) is 10.0 Å². The minimum absolute atomic E-state index is 0.349. The van der Waals surface area contributed by atoms with E-state index < -0.39 is 0 Å². The van der Waals surface area contributed by atoms with E-state index in [2.05, 4.69) is 37.1 Å². The number of hydrogen-bond acceptors (Lipinski definition) is 2. The number of fused-ring (bicyclic) bond motifs is 1. The van der Waals surface area contributed by atoms with Crippen LogP contribution in [0.5, 0.6) is 0 Å². The zero-order chi connectivity index (χ0) is 13.3. The molecule has 0 aliphatic heterocycles. The minimum Gasteiger partial charge on any atom is -0.385 e. The van der Waals surface area contributed by atoms with Crippen molar-refractivity contribution in [3.63, 3.8) is 0 Å². The predicted molar refractivity (Wildman–Crippen MR) is 80.0 cm³/mol. The summed E-state index contributed by atoms with van der Waals surface area (Å²) < 4.78 is 0. The molecule has 0 fully saturated rings. The summed E-state index contributed by atoms with van der Waals surface area (Å²) in [6.45, 7) is 7.15. The topological polar surface area (TPSA) is 24.9 Å². The molecule has 0 aliphatic carbocycles. The highest BCUT2D eigenvalue weighted by atomic mass is 35.5. The van der Waals surface area contributed by atoms with Crippen LogP contribution in [0.25, 0.3) is 10.9 Å². The van der Waals surface area contributed by atoms with Crippen molar-refractivity contribution < 1.29 is 0 Å². The summed E-state index contributed by atoms with van der Waals surface area (Å²) in [5.74, 6) is 0.349. The van der Waals surface area contributed by atoms with Crippen LogP contribution >= 0.6 is 23.2 Å². The number of pyridine rings is 1. The lowest BCUT2D eigenvalue weighted by Crippen LogP contribution is -2.02. The van der Waals surface area contributed by atoms with E-state index in [1.165, 1.54) is 0 Å². The molecule has 96 valence electrons. The van der Waals surface area contributed by atoms with Crippen molar-refractivity contribution in [3.05, 3.63) is 33.9 Å². The van der Waals surface area contributed by atoms with Gasteiger partial charge >= 0.3 is 0 Å². The Labute approximate surface area is 117 Å². The van der Waals surface area contributed by atoms with Crippen LogP contribution in [-0.4, -0.2) is 11.5 Å². The van der Waals surface area contributed by atoms with E-state index >= 15 is 0 Å². The Morgan fingerprint density at radius 2 is 2.00 bits per heavy atom. The van der Waals surface area contributed by atoms with Crippen LogP contribution in [0.1, 0.15) is 32.4 Å². The van der Waals surface area contributed by atoms with Crippen LogP contribution in [-0.2, 0) is 0 Å². The summed E-state index contributed by atoms with van der Waals surface area (Å²) in [7, 11) is 0. The number of hydrogen-bond donors (Lipinski definition) is 1. The first-order chi connectivity index (χ1) is 8.54. The Bertz CT molecular complexity index is 580. The van der Waals surface area contributed by atoms with Gasteiger partial charge in [0.1, 0.15) is 0 Å². The molecule has 2 rings (SSSR count). The van der Waals surface area contributed by atoms with Gasteiger partial charge in [-0.25, -0.2) is 0 Å². The second-order valence-electron chi connectivity index (χ2n) is 4.54. The normalized spacial score (nSPS) is 11.2. The fourth-order valence-corrected chi connectivity index (χ4v) is 2.25. The molecule has 0 atom stereocenters. The van der Waals surface area contributed by atoms with Crippen molar-refractivity contribution in [1.29, 1.82) is 0 Å². The van der Waals surface area contributed by atoms with Crippen molar-refractivity contribution in [1.82, 2.24) is 4.98 Å². The number of aromatic nitrogens is 1. The van der Waals surface area contributed by atoms with Gasteiger partial charge in [-0.2, -0.15) is 0 Å². The van der Waals surface area contributed by atoms with E-state index in [4.69, 9.17) is 23.2 Å². The SMILES string of the molecule is CCNc1cc(C(C)C)nc2c(Cl)c(Cl)ccc12. The maximum absolute atomic E-state index is 6.25. The second kappa shape index (κ2) is 5.33. The first kappa shape index (κ1) is 13.4. The van der Waals surface area contributed by atoms with Gasteiger partial charge in [0.25, 0.3) is 0 Å². The van der Waals surface area contributed by atoms with Gasteiger partial charge in [0.15, 0.2) is 0 Å². The maximum Gasteiger partial charge on any atom is 0.0927 e. The van der Waals surface area contributed by atoms with Gasteiger partial charge in [-0.15, -0.1) is 0 Å². The molecule has 4 heteroatoms. The molecule has 0 saturated heterocycles. The highest BCUT2D eigenvalue weighted by Crippen LogP contribution is 2.34. The summed E-state index contributed by atoms with van der Waals surface area (Å²) in [4.78, 5) is 4.62. The fraction of sp³-hybridized carbons (Fsp3) is 0.357. The third kappa shape index (κ3) is 2.40. The molecule has 0 unspecified atom stereocenters. The van der Waals surface area contributed by atoms with Crippen LogP contribution in [0.4, 0.5) is 5.69 Å². The number of rotatable bonds is 3. The van der Waals surface area contributed by atoms with Crippen molar-refractivity contribution in [3.8, 4) is 0 Å². The summed E-state index contributed by atoms with van der Waals surface area (Å²) in [5.41, 5.74) is 2.85. The van der Waals surface area contributed by atoms with Gasteiger partial charge < -0.3 is 5.32 Å². The zero-order valence-corrected chi connectivity index (χ0v) is 12.2. The number of nitrogens with one attached hydrogen (secondary N) is 1. The fourth-order valence-electron chi connectivity index (χ4n) is 1.89. The Morgan fingerprint density at radius 1 is 1.28 bits per heavy atom. The molecule has 0 bridgehead atoms. The van der Waals surface area contributed by atoms with E-state index in [0.29, 0.717) is 16.0 Å². The van der Waals surface area contributed by atoms with Crippen LogP contribution < -0.4 is 5.32 Å². The summed E-state index contributed by atoms with van der Waals surface area (Å²) in [6.07, 6.45) is 0. The van der Waals surface area contributed by atoms with E-state index in [1.807, 2.05) is 12.1 Å². The van der Waals surface area contributed by atoms with E-state index in [-0.39, 0.29) is 0 Å². The number of halogens is 2. The lowest BCUT2D eigenvalue weighted by molar-refractivity contribution is 0.830. The maximum atomic E-state index is 6.25. The molecule has 2 nitrogen and oxygen atoms in total. The molecule has 0 saturated carbocycles. The first-order valence-corrected chi connectivity index (χ1v) is 6.82. The minimum atomic E-state index is 0.349. The Kier molecular flexibility index (Phi) is 3.98. The Morgan fingerprint density at radius 3 is 2.61 bits per heavy atom. The van der Waals surface area contributed by atoms with Gasteiger partial charge in [-0.05, 0) is 31.0 Å². The van der Waals surface area contributed by atoms with Crippen molar-refractivity contribution >= 4 is 39.8 Å². The van der Waals surface area contributed by atoms with Gasteiger partial charge in [-0.3, -0.25) is 4.98 Å². The average molecular weight is 283 g/mol. The van der Waals surface area contributed by atoms with Gasteiger partial charge in [0, 0.05) is 23.3 Å². The number of anilines is 1. The van der Waals surface area contributed by atoms with Gasteiger partial charge in [0.05, 0.1) is 15.6 Å². The van der Waals surface area contributed by atoms with Crippen molar-refractivity contribution in [2.75, 3.05) is 11.9 Å². The van der Waals surface area contributed by atoms with Gasteiger partial charge in [-0.1, -0.05) is 37.0 Å². The smallest absolute Gasteiger partial charge is 0.0927 e. The Balaban J connectivity index is 2.77. The molecule has 0 radical (unpaired) electrons. The lowest BCUT2D eigenvalue weighted by atomic mass is 10.1. The highest BCUT2D eigenvalue weighted by molar-refractivity contribution is 6.45. The quantitative estimate of drug-likeness (QED) is 0.848. The van der Waals surface area contributed by atoms with Crippen molar-refractivity contribution in [2.24, 2.45) is 0 Å². The molecule has 1 aromatic carbocycles. The van der Waals surface area contributed by atoms with Crippen molar-refractivity contribution in [2.45, 2.75) is 26.7 Å². The van der Waals surface area contributed by atoms with Gasteiger partial charge in [0.2, 0.25) is 0 Å². The van der Waals surface area contributed by atoms with E-state index in [0.717, 1.165) is 28.8 Å². The summed E-state index contributed by atoms with van der Waals surface area (Å²) in [6, 6.07) is 5.85. The second-order valence-corrected chi connectivity index (χ2v) is 5.32. The first-order valence-electron chi connectivity index (χ1n) is 6.07. The molecule has 18 heavy (non-hydrogen) atoms. The average Bonchev–Trinajstić information content (AvgIpc) is 2.34. The zero-order valence-electron chi connectivity index (χ0n) is 10.7. The molecule has 2 aromatic rings. The molecule has 0 amide bonds. The number of nitrogens with zero attached hydrogens (tertiary/aromatic N) is 1. The molecule has 1 aromatic heterocycles. The third-order valence-electron chi connectivity index (χ3n) is 2.85. The van der Waals surface area contributed by atoms with Crippen LogP contribution in [0.15, 0.2) is 18.2 Å². The molecule has 0 spiro atoms. The molecular weight excluding hydrogens is 267 g/mol. The Hall–Kier alpha value is -0.990. The number of benzene rings is 1. The molecule has 1 heterocycles. The van der Waals surface area contributed by atoms with E-state index in [1.54, 1.807) is 0 Å². The monoisotopic (exact) mass is 282 g/mol.